The van der Waals surface area contributed by atoms with E-state index in [-0.39, 0.29) is 6.04 Å². The Balaban J connectivity index is 1.87. The van der Waals surface area contributed by atoms with E-state index in [1.54, 1.807) is 7.11 Å². The van der Waals surface area contributed by atoms with Gasteiger partial charge >= 0.3 is 0 Å². The molecule has 106 valence electrons. The highest BCUT2D eigenvalue weighted by Gasteiger charge is 2.08. The van der Waals surface area contributed by atoms with Gasteiger partial charge in [-0.15, -0.1) is 0 Å². The molecule has 3 rings (SSSR count). The van der Waals surface area contributed by atoms with Crippen molar-refractivity contribution in [3.8, 4) is 5.75 Å². The van der Waals surface area contributed by atoms with Crippen LogP contribution in [0.15, 0.2) is 60.8 Å². The Morgan fingerprint density at radius 1 is 1.00 bits per heavy atom. The first kappa shape index (κ1) is 13.4. The van der Waals surface area contributed by atoms with Crippen molar-refractivity contribution >= 4 is 16.6 Å². The summed E-state index contributed by atoms with van der Waals surface area (Å²) in [6.45, 7) is 2.15. The number of methoxy groups -OCH3 is 1. The van der Waals surface area contributed by atoms with Crippen molar-refractivity contribution < 1.29 is 4.74 Å². The first-order chi connectivity index (χ1) is 10.3. The number of aromatic nitrogens is 1. The largest absolute Gasteiger partial charge is 0.497 e. The predicted octanol–water partition coefficient (Wildman–Crippen LogP) is 4.42. The van der Waals surface area contributed by atoms with Crippen molar-refractivity contribution in [3.63, 3.8) is 0 Å². The molecular weight excluding hydrogens is 260 g/mol. The molecule has 0 saturated heterocycles. The minimum absolute atomic E-state index is 0.210. The third-order valence-electron chi connectivity index (χ3n) is 3.64. The number of pyridine rings is 1. The van der Waals surface area contributed by atoms with E-state index in [2.05, 4.69) is 35.4 Å². The molecule has 1 aromatic heterocycles. The van der Waals surface area contributed by atoms with E-state index >= 15 is 0 Å². The van der Waals surface area contributed by atoms with Crippen LogP contribution < -0.4 is 10.1 Å². The van der Waals surface area contributed by atoms with Crippen LogP contribution in [-0.4, -0.2) is 12.1 Å². The number of nitrogens with zero attached hydrogens (tertiary/aromatic N) is 1. The third-order valence-corrected chi connectivity index (χ3v) is 3.64. The molecule has 0 radical (unpaired) electrons. The van der Waals surface area contributed by atoms with Gasteiger partial charge in [-0.3, -0.25) is 4.98 Å². The van der Waals surface area contributed by atoms with Gasteiger partial charge in [-0.1, -0.05) is 30.3 Å². The van der Waals surface area contributed by atoms with Gasteiger partial charge in [-0.05, 0) is 36.8 Å². The van der Waals surface area contributed by atoms with E-state index in [0.717, 1.165) is 22.3 Å². The second-order valence-corrected chi connectivity index (χ2v) is 5.01. The van der Waals surface area contributed by atoms with E-state index in [1.165, 1.54) is 5.56 Å². The van der Waals surface area contributed by atoms with Crippen molar-refractivity contribution in [1.29, 1.82) is 0 Å². The minimum Gasteiger partial charge on any atom is -0.497 e. The van der Waals surface area contributed by atoms with Crippen LogP contribution >= 0.6 is 0 Å². The molecule has 1 atom stereocenters. The molecule has 0 saturated carbocycles. The lowest BCUT2D eigenvalue weighted by Gasteiger charge is -2.17. The second kappa shape index (κ2) is 5.83. The smallest absolute Gasteiger partial charge is 0.118 e. The molecule has 1 N–H and O–H groups in total. The van der Waals surface area contributed by atoms with E-state index < -0.39 is 0 Å². The molecule has 0 aliphatic rings. The normalized spacial score (nSPS) is 12.1. The van der Waals surface area contributed by atoms with Gasteiger partial charge in [-0.25, -0.2) is 0 Å². The highest BCUT2D eigenvalue weighted by molar-refractivity contribution is 5.91. The Bertz CT molecular complexity index is 732. The monoisotopic (exact) mass is 278 g/mol. The average molecular weight is 278 g/mol. The first-order valence-electron chi connectivity index (χ1n) is 7.02. The molecule has 0 bridgehead atoms. The lowest BCUT2D eigenvalue weighted by atomic mass is 10.1. The standard InChI is InChI=1S/C18H18N2O/c1-13(14-7-9-15(21-2)10-8-14)20-18-11-12-19-17-6-4-3-5-16(17)18/h3-13H,1-2H3,(H,19,20). The summed E-state index contributed by atoms with van der Waals surface area (Å²) in [5.74, 6) is 0.875. The van der Waals surface area contributed by atoms with Crippen LogP contribution in [-0.2, 0) is 0 Å². The van der Waals surface area contributed by atoms with Gasteiger partial charge in [0.15, 0.2) is 0 Å². The van der Waals surface area contributed by atoms with E-state index in [0.29, 0.717) is 0 Å². The number of rotatable bonds is 4. The van der Waals surface area contributed by atoms with Crippen molar-refractivity contribution in [2.75, 3.05) is 12.4 Å². The highest BCUT2D eigenvalue weighted by Crippen LogP contribution is 2.26. The maximum Gasteiger partial charge on any atom is 0.118 e. The SMILES string of the molecule is COc1ccc(C(C)Nc2ccnc3ccccc23)cc1. The summed E-state index contributed by atoms with van der Waals surface area (Å²) in [5, 5.41) is 4.70. The zero-order chi connectivity index (χ0) is 14.7. The summed E-state index contributed by atoms with van der Waals surface area (Å²) in [6.07, 6.45) is 1.84. The van der Waals surface area contributed by atoms with Crippen molar-refractivity contribution in [3.05, 3.63) is 66.4 Å². The van der Waals surface area contributed by atoms with Gasteiger partial charge in [0.05, 0.1) is 12.6 Å². The van der Waals surface area contributed by atoms with E-state index in [9.17, 15) is 0 Å². The number of benzene rings is 2. The molecule has 1 unspecified atom stereocenters. The molecule has 3 heteroatoms. The minimum atomic E-state index is 0.210. The average Bonchev–Trinajstić information content (AvgIpc) is 2.55. The molecule has 0 aliphatic heterocycles. The lowest BCUT2D eigenvalue weighted by molar-refractivity contribution is 0.414. The Kier molecular flexibility index (Phi) is 3.73. The fourth-order valence-electron chi connectivity index (χ4n) is 2.43. The van der Waals surface area contributed by atoms with Crippen LogP contribution in [0, 0.1) is 0 Å². The van der Waals surface area contributed by atoms with Crippen LogP contribution in [0.5, 0.6) is 5.75 Å². The van der Waals surface area contributed by atoms with Crippen LogP contribution in [0.2, 0.25) is 0 Å². The van der Waals surface area contributed by atoms with Crippen molar-refractivity contribution in [1.82, 2.24) is 4.98 Å². The van der Waals surface area contributed by atoms with Crippen LogP contribution in [0.3, 0.4) is 0 Å². The number of nitrogens with one attached hydrogen (secondary N) is 1. The van der Waals surface area contributed by atoms with Crippen molar-refractivity contribution in [2.45, 2.75) is 13.0 Å². The molecule has 2 aromatic carbocycles. The van der Waals surface area contributed by atoms with Gasteiger partial charge in [-0.2, -0.15) is 0 Å². The summed E-state index contributed by atoms with van der Waals surface area (Å²) in [4.78, 5) is 4.39. The molecule has 0 amide bonds. The maximum absolute atomic E-state index is 5.20. The zero-order valence-electron chi connectivity index (χ0n) is 12.2. The van der Waals surface area contributed by atoms with Gasteiger partial charge < -0.3 is 10.1 Å². The maximum atomic E-state index is 5.20. The molecule has 0 aliphatic carbocycles. The van der Waals surface area contributed by atoms with Crippen LogP contribution in [0.25, 0.3) is 10.9 Å². The van der Waals surface area contributed by atoms with E-state index in [1.807, 2.05) is 42.6 Å². The fraction of sp³-hybridized carbons (Fsp3) is 0.167. The number of para-hydroxylation sites is 1. The molecule has 1 heterocycles. The molecular formula is C18H18N2O. The fourth-order valence-corrected chi connectivity index (χ4v) is 2.43. The van der Waals surface area contributed by atoms with Gasteiger partial charge in [0, 0.05) is 23.3 Å². The quantitative estimate of drug-likeness (QED) is 0.767. The number of ether oxygens (including phenoxy) is 1. The topological polar surface area (TPSA) is 34.1 Å². The number of hydrogen-bond acceptors (Lipinski definition) is 3. The predicted molar refractivity (Wildman–Crippen MR) is 86.8 cm³/mol. The molecule has 0 spiro atoms. The van der Waals surface area contributed by atoms with Gasteiger partial charge in [0.1, 0.15) is 5.75 Å². The molecule has 3 nitrogen and oxygen atoms in total. The molecule has 21 heavy (non-hydrogen) atoms. The van der Waals surface area contributed by atoms with Crippen LogP contribution in [0.1, 0.15) is 18.5 Å². The summed E-state index contributed by atoms with van der Waals surface area (Å²) >= 11 is 0. The Hall–Kier alpha value is -2.55. The lowest BCUT2D eigenvalue weighted by Crippen LogP contribution is -2.07. The highest BCUT2D eigenvalue weighted by atomic mass is 16.5. The Morgan fingerprint density at radius 3 is 2.52 bits per heavy atom. The Morgan fingerprint density at radius 2 is 1.76 bits per heavy atom. The third kappa shape index (κ3) is 2.82. The number of anilines is 1. The zero-order valence-corrected chi connectivity index (χ0v) is 12.2. The van der Waals surface area contributed by atoms with E-state index in [4.69, 9.17) is 4.74 Å². The van der Waals surface area contributed by atoms with Crippen LogP contribution in [0.4, 0.5) is 5.69 Å². The van der Waals surface area contributed by atoms with Gasteiger partial charge in [0.25, 0.3) is 0 Å². The Labute approximate surface area is 124 Å². The summed E-state index contributed by atoms with van der Waals surface area (Å²) in [5.41, 5.74) is 3.32. The summed E-state index contributed by atoms with van der Waals surface area (Å²) < 4.78 is 5.20. The molecule has 3 aromatic rings. The van der Waals surface area contributed by atoms with Crippen molar-refractivity contribution in [2.24, 2.45) is 0 Å². The second-order valence-electron chi connectivity index (χ2n) is 5.01. The first-order valence-corrected chi connectivity index (χ1v) is 7.02. The number of fused-ring (bicyclic) bond motifs is 1. The molecule has 0 fully saturated rings. The van der Waals surface area contributed by atoms with Gasteiger partial charge in [0.2, 0.25) is 0 Å². The summed E-state index contributed by atoms with van der Waals surface area (Å²) in [6, 6.07) is 18.5. The summed E-state index contributed by atoms with van der Waals surface area (Å²) in [7, 11) is 1.68. The number of hydrogen-bond donors (Lipinski definition) is 1.